The molecule has 0 radical (unpaired) electrons. The molecule has 0 bridgehead atoms. The van der Waals surface area contributed by atoms with Gasteiger partial charge >= 0.3 is 0 Å². The van der Waals surface area contributed by atoms with Crippen molar-refractivity contribution in [1.82, 2.24) is 25.1 Å². The lowest BCUT2D eigenvalue weighted by molar-refractivity contribution is -0.127. The average Bonchev–Trinajstić information content (AvgIpc) is 3.16. The van der Waals surface area contributed by atoms with Crippen molar-refractivity contribution in [2.75, 3.05) is 46.4 Å². The molecule has 1 amide bonds. The summed E-state index contributed by atoms with van der Waals surface area (Å²) in [6, 6.07) is 0.618. The normalized spacial score (nSPS) is 23.6. The molecule has 7 heteroatoms. The Labute approximate surface area is 150 Å². The van der Waals surface area contributed by atoms with E-state index >= 15 is 0 Å². The van der Waals surface area contributed by atoms with E-state index in [1.54, 1.807) is 13.4 Å². The van der Waals surface area contributed by atoms with Crippen LogP contribution in [0.3, 0.4) is 0 Å². The molecule has 7 nitrogen and oxygen atoms in total. The molecule has 2 saturated heterocycles. The molecule has 0 spiro atoms. The van der Waals surface area contributed by atoms with Gasteiger partial charge in [-0.15, -0.1) is 0 Å². The van der Waals surface area contributed by atoms with E-state index in [9.17, 15) is 4.79 Å². The average molecular weight is 349 g/mol. The number of likely N-dealkylation sites (tertiary alicyclic amines) is 2. The summed E-state index contributed by atoms with van der Waals surface area (Å²) in [4.78, 5) is 24.6. The molecule has 0 saturated carbocycles. The zero-order valence-electron chi connectivity index (χ0n) is 15.2. The second-order valence-electron chi connectivity index (χ2n) is 7.20. The summed E-state index contributed by atoms with van der Waals surface area (Å²) in [5.41, 5.74) is 1.18. The van der Waals surface area contributed by atoms with Gasteiger partial charge in [-0.05, 0) is 32.2 Å². The third-order valence-electron chi connectivity index (χ3n) is 5.45. The number of H-pyrrole nitrogens is 1. The topological polar surface area (TPSA) is 73.5 Å². The van der Waals surface area contributed by atoms with Crippen molar-refractivity contribution in [2.24, 2.45) is 5.92 Å². The third kappa shape index (κ3) is 5.26. The van der Waals surface area contributed by atoms with Crippen molar-refractivity contribution in [1.29, 1.82) is 0 Å². The molecule has 0 unspecified atom stereocenters. The Hall–Kier alpha value is -1.44. The second-order valence-corrected chi connectivity index (χ2v) is 7.20. The summed E-state index contributed by atoms with van der Waals surface area (Å²) >= 11 is 0. The number of nitrogens with zero attached hydrogens (tertiary/aromatic N) is 3. The van der Waals surface area contributed by atoms with Crippen LogP contribution < -0.4 is 5.32 Å². The highest BCUT2D eigenvalue weighted by Crippen LogP contribution is 2.24. The van der Waals surface area contributed by atoms with Crippen molar-refractivity contribution in [3.8, 4) is 0 Å². The fraction of sp³-hybridized carbons (Fsp3) is 0.778. The Bertz CT molecular complexity index is 514. The molecule has 2 N–H and O–H groups in total. The maximum Gasteiger partial charge on any atom is 0.224 e. The van der Waals surface area contributed by atoms with E-state index in [1.165, 1.54) is 18.5 Å². The molecule has 1 atom stereocenters. The minimum atomic E-state index is 0.133. The van der Waals surface area contributed by atoms with E-state index in [4.69, 9.17) is 4.74 Å². The lowest BCUT2D eigenvalue weighted by Gasteiger charge is -2.42. The number of carbonyl (C=O) groups is 1. The molecule has 0 aliphatic carbocycles. The van der Waals surface area contributed by atoms with E-state index in [-0.39, 0.29) is 11.8 Å². The fourth-order valence-electron chi connectivity index (χ4n) is 4.03. The minimum Gasteiger partial charge on any atom is -0.383 e. The highest BCUT2D eigenvalue weighted by molar-refractivity contribution is 5.78. The molecule has 2 aliphatic heterocycles. The molecule has 3 rings (SSSR count). The SMILES string of the molecule is COCCNC(=O)[C@H]1CCCN(C2CCN(Cc3cnc[nH]3)CC2)C1. The largest absolute Gasteiger partial charge is 0.383 e. The smallest absolute Gasteiger partial charge is 0.224 e. The first-order chi connectivity index (χ1) is 12.3. The highest BCUT2D eigenvalue weighted by Gasteiger charge is 2.31. The summed E-state index contributed by atoms with van der Waals surface area (Å²) in [5, 5.41) is 3.00. The number of rotatable bonds is 7. The summed E-state index contributed by atoms with van der Waals surface area (Å²) in [7, 11) is 1.66. The Morgan fingerprint density at radius 2 is 2.20 bits per heavy atom. The third-order valence-corrected chi connectivity index (χ3v) is 5.45. The van der Waals surface area contributed by atoms with Gasteiger partial charge in [-0.25, -0.2) is 4.98 Å². The molecule has 0 aromatic carbocycles. The van der Waals surface area contributed by atoms with Crippen LogP contribution in [0.2, 0.25) is 0 Å². The Balaban J connectivity index is 1.42. The first-order valence-electron chi connectivity index (χ1n) is 9.46. The second kappa shape index (κ2) is 9.31. The van der Waals surface area contributed by atoms with Gasteiger partial charge in [-0.2, -0.15) is 0 Å². The fourth-order valence-corrected chi connectivity index (χ4v) is 4.03. The number of hydrogen-bond acceptors (Lipinski definition) is 5. The van der Waals surface area contributed by atoms with Gasteiger partial charge in [-0.3, -0.25) is 14.6 Å². The molecule has 25 heavy (non-hydrogen) atoms. The molecular formula is C18H31N5O2. The number of amides is 1. The van der Waals surface area contributed by atoms with Gasteiger partial charge in [0.25, 0.3) is 0 Å². The predicted octanol–water partition coefficient (Wildman–Crippen LogP) is 0.849. The van der Waals surface area contributed by atoms with E-state index in [1.807, 2.05) is 6.20 Å². The number of imidazole rings is 1. The van der Waals surface area contributed by atoms with Crippen molar-refractivity contribution in [3.05, 3.63) is 18.2 Å². The number of methoxy groups -OCH3 is 1. The molecule has 3 heterocycles. The Morgan fingerprint density at radius 3 is 2.92 bits per heavy atom. The lowest BCUT2D eigenvalue weighted by Crippen LogP contribution is -2.50. The Kier molecular flexibility index (Phi) is 6.84. The van der Waals surface area contributed by atoms with Crippen LogP contribution in [-0.4, -0.2) is 78.2 Å². The summed E-state index contributed by atoms with van der Waals surface area (Å²) in [5.74, 6) is 0.326. The van der Waals surface area contributed by atoms with Gasteiger partial charge in [0, 0.05) is 57.8 Å². The monoisotopic (exact) mass is 349 g/mol. The van der Waals surface area contributed by atoms with Crippen molar-refractivity contribution >= 4 is 5.91 Å². The zero-order chi connectivity index (χ0) is 17.5. The van der Waals surface area contributed by atoms with Crippen molar-refractivity contribution in [3.63, 3.8) is 0 Å². The van der Waals surface area contributed by atoms with Crippen LogP contribution in [0.4, 0.5) is 0 Å². The van der Waals surface area contributed by atoms with Gasteiger partial charge in [0.2, 0.25) is 5.91 Å². The zero-order valence-corrected chi connectivity index (χ0v) is 15.2. The number of carbonyl (C=O) groups excluding carboxylic acids is 1. The molecule has 140 valence electrons. The van der Waals surface area contributed by atoms with Crippen LogP contribution in [0.1, 0.15) is 31.4 Å². The first kappa shape index (κ1) is 18.4. The minimum absolute atomic E-state index is 0.133. The summed E-state index contributed by atoms with van der Waals surface area (Å²) in [6.07, 6.45) is 8.15. The summed E-state index contributed by atoms with van der Waals surface area (Å²) < 4.78 is 5.01. The van der Waals surface area contributed by atoms with E-state index in [0.29, 0.717) is 19.2 Å². The molecular weight excluding hydrogens is 318 g/mol. The van der Waals surface area contributed by atoms with Crippen LogP contribution in [0, 0.1) is 5.92 Å². The first-order valence-corrected chi connectivity index (χ1v) is 9.46. The predicted molar refractivity (Wildman–Crippen MR) is 96.1 cm³/mol. The van der Waals surface area contributed by atoms with Crippen LogP contribution in [-0.2, 0) is 16.1 Å². The lowest BCUT2D eigenvalue weighted by atomic mass is 9.93. The number of aromatic amines is 1. The van der Waals surface area contributed by atoms with E-state index in [2.05, 4.69) is 25.1 Å². The van der Waals surface area contributed by atoms with Crippen molar-refractivity contribution < 1.29 is 9.53 Å². The maximum absolute atomic E-state index is 12.3. The highest BCUT2D eigenvalue weighted by atomic mass is 16.5. The van der Waals surface area contributed by atoms with E-state index < -0.39 is 0 Å². The number of nitrogens with one attached hydrogen (secondary N) is 2. The van der Waals surface area contributed by atoms with Gasteiger partial charge in [-0.1, -0.05) is 0 Å². The van der Waals surface area contributed by atoms with Crippen LogP contribution in [0.5, 0.6) is 0 Å². The Morgan fingerprint density at radius 1 is 1.36 bits per heavy atom. The van der Waals surface area contributed by atoms with Crippen LogP contribution in [0.25, 0.3) is 0 Å². The van der Waals surface area contributed by atoms with Crippen LogP contribution in [0.15, 0.2) is 12.5 Å². The number of hydrogen-bond donors (Lipinski definition) is 2. The molecule has 1 aromatic heterocycles. The molecule has 2 aliphatic rings. The standard InChI is InChI=1S/C18H31N5O2/c1-25-10-6-20-18(24)15-3-2-7-23(12-15)17-4-8-22(9-5-17)13-16-11-19-14-21-16/h11,14-15,17H,2-10,12-13H2,1H3,(H,19,21)(H,20,24)/t15-/m0/s1. The summed E-state index contributed by atoms with van der Waals surface area (Å²) in [6.45, 7) is 6.42. The van der Waals surface area contributed by atoms with Gasteiger partial charge in [0.1, 0.15) is 0 Å². The number of piperidine rings is 2. The van der Waals surface area contributed by atoms with E-state index in [0.717, 1.165) is 45.6 Å². The maximum atomic E-state index is 12.3. The quantitative estimate of drug-likeness (QED) is 0.714. The van der Waals surface area contributed by atoms with Crippen molar-refractivity contribution in [2.45, 2.75) is 38.3 Å². The molecule has 2 fully saturated rings. The molecule has 1 aromatic rings. The number of ether oxygens (including phenoxy) is 1. The van der Waals surface area contributed by atoms with Gasteiger partial charge < -0.3 is 15.0 Å². The van der Waals surface area contributed by atoms with Gasteiger partial charge in [0.15, 0.2) is 0 Å². The van der Waals surface area contributed by atoms with Gasteiger partial charge in [0.05, 0.1) is 18.9 Å². The number of aromatic nitrogens is 2. The van der Waals surface area contributed by atoms with Crippen LogP contribution >= 0.6 is 0 Å².